The lowest BCUT2D eigenvalue weighted by Gasteiger charge is -2.25. The van der Waals surface area contributed by atoms with Crippen LogP contribution in [0.5, 0.6) is 5.75 Å². The molecule has 106 valence electrons. The molecule has 3 nitrogen and oxygen atoms in total. The van der Waals surface area contributed by atoms with E-state index in [0.29, 0.717) is 0 Å². The van der Waals surface area contributed by atoms with Crippen LogP contribution in [0.1, 0.15) is 24.1 Å². The van der Waals surface area contributed by atoms with Crippen molar-refractivity contribution in [2.45, 2.75) is 19.5 Å². The summed E-state index contributed by atoms with van der Waals surface area (Å²) in [5.41, 5.74) is 9.55. The van der Waals surface area contributed by atoms with Crippen LogP contribution in [-0.2, 0) is 6.54 Å². The number of nitrogens with two attached hydrogens (primary N) is 1. The number of hydrogen-bond donors (Lipinski definition) is 1. The van der Waals surface area contributed by atoms with Crippen LogP contribution in [0, 0.1) is 0 Å². The van der Waals surface area contributed by atoms with E-state index in [1.807, 2.05) is 25.1 Å². The minimum Gasteiger partial charge on any atom is -0.496 e. The van der Waals surface area contributed by atoms with E-state index in [-0.39, 0.29) is 6.04 Å². The molecular weight excluding hydrogens is 248 g/mol. The zero-order valence-electron chi connectivity index (χ0n) is 12.3. The van der Waals surface area contributed by atoms with Crippen molar-refractivity contribution in [2.75, 3.05) is 19.1 Å². The van der Waals surface area contributed by atoms with Gasteiger partial charge in [-0.05, 0) is 24.6 Å². The van der Waals surface area contributed by atoms with Gasteiger partial charge in [0.25, 0.3) is 0 Å². The normalized spacial score (nSPS) is 12.0. The van der Waals surface area contributed by atoms with E-state index in [2.05, 4.69) is 42.3 Å². The van der Waals surface area contributed by atoms with Crippen LogP contribution in [0.25, 0.3) is 0 Å². The second kappa shape index (κ2) is 6.44. The number of nitrogens with zero attached hydrogens (tertiary/aromatic N) is 1. The Kier molecular flexibility index (Phi) is 4.64. The van der Waals surface area contributed by atoms with Gasteiger partial charge in [0, 0.05) is 30.9 Å². The quantitative estimate of drug-likeness (QED) is 0.905. The van der Waals surface area contributed by atoms with Crippen molar-refractivity contribution in [1.82, 2.24) is 0 Å². The summed E-state index contributed by atoms with van der Waals surface area (Å²) in [6.45, 7) is 2.82. The molecule has 0 saturated heterocycles. The lowest BCUT2D eigenvalue weighted by Crippen LogP contribution is -2.20. The summed E-state index contributed by atoms with van der Waals surface area (Å²) < 4.78 is 5.44. The van der Waals surface area contributed by atoms with Gasteiger partial charge in [0.05, 0.1) is 7.11 Å². The van der Waals surface area contributed by atoms with E-state index in [1.54, 1.807) is 7.11 Å². The molecule has 0 radical (unpaired) electrons. The van der Waals surface area contributed by atoms with Gasteiger partial charge in [-0.25, -0.2) is 0 Å². The van der Waals surface area contributed by atoms with Gasteiger partial charge < -0.3 is 15.4 Å². The molecular formula is C17H22N2O. The van der Waals surface area contributed by atoms with Crippen LogP contribution < -0.4 is 15.4 Å². The van der Waals surface area contributed by atoms with Crippen molar-refractivity contribution in [3.63, 3.8) is 0 Å². The topological polar surface area (TPSA) is 38.5 Å². The SMILES string of the molecule is COc1cccc(N(C)Cc2ccccc2)c1C(C)N. The number of hydrogen-bond acceptors (Lipinski definition) is 3. The summed E-state index contributed by atoms with van der Waals surface area (Å²) in [4.78, 5) is 2.20. The largest absolute Gasteiger partial charge is 0.496 e. The zero-order valence-corrected chi connectivity index (χ0v) is 12.3. The van der Waals surface area contributed by atoms with Crippen LogP contribution in [0.15, 0.2) is 48.5 Å². The van der Waals surface area contributed by atoms with Crippen LogP contribution in [0.4, 0.5) is 5.69 Å². The second-order valence-electron chi connectivity index (χ2n) is 5.02. The van der Waals surface area contributed by atoms with E-state index in [1.165, 1.54) is 5.56 Å². The van der Waals surface area contributed by atoms with Crippen molar-refractivity contribution >= 4 is 5.69 Å². The molecule has 0 aromatic heterocycles. The number of anilines is 1. The molecule has 0 bridgehead atoms. The molecule has 3 heteroatoms. The average Bonchev–Trinajstić information content (AvgIpc) is 2.47. The molecule has 20 heavy (non-hydrogen) atoms. The average molecular weight is 270 g/mol. The van der Waals surface area contributed by atoms with Crippen molar-refractivity contribution in [3.05, 3.63) is 59.7 Å². The third-order valence-corrected chi connectivity index (χ3v) is 3.39. The second-order valence-corrected chi connectivity index (χ2v) is 5.02. The smallest absolute Gasteiger partial charge is 0.125 e. The molecule has 2 N–H and O–H groups in total. The Morgan fingerprint density at radius 1 is 1.10 bits per heavy atom. The summed E-state index contributed by atoms with van der Waals surface area (Å²) in [5.74, 6) is 0.845. The lowest BCUT2D eigenvalue weighted by atomic mass is 10.0. The van der Waals surface area contributed by atoms with Gasteiger partial charge in [-0.2, -0.15) is 0 Å². The zero-order chi connectivity index (χ0) is 14.5. The highest BCUT2D eigenvalue weighted by atomic mass is 16.5. The Morgan fingerprint density at radius 3 is 2.40 bits per heavy atom. The van der Waals surface area contributed by atoms with E-state index in [9.17, 15) is 0 Å². The molecule has 2 aromatic rings. The summed E-state index contributed by atoms with van der Waals surface area (Å²) in [6, 6.07) is 16.4. The van der Waals surface area contributed by atoms with E-state index in [0.717, 1.165) is 23.5 Å². The van der Waals surface area contributed by atoms with Crippen LogP contribution in [-0.4, -0.2) is 14.2 Å². The van der Waals surface area contributed by atoms with Crippen molar-refractivity contribution in [2.24, 2.45) is 5.73 Å². The summed E-state index contributed by atoms with van der Waals surface area (Å²) in [6.07, 6.45) is 0. The number of ether oxygens (including phenoxy) is 1. The molecule has 0 saturated carbocycles. The van der Waals surface area contributed by atoms with E-state index in [4.69, 9.17) is 10.5 Å². The Bertz CT molecular complexity index is 552. The molecule has 1 atom stereocenters. The first-order valence-electron chi connectivity index (χ1n) is 6.81. The standard InChI is InChI=1S/C17H22N2O/c1-13(18)17-15(10-7-11-16(17)20-3)19(2)12-14-8-5-4-6-9-14/h4-11,13H,12,18H2,1-3H3. The molecule has 0 fully saturated rings. The Labute approximate surface area is 121 Å². The molecule has 0 spiro atoms. The molecule has 0 aliphatic rings. The molecule has 0 amide bonds. The maximum Gasteiger partial charge on any atom is 0.125 e. The fraction of sp³-hybridized carbons (Fsp3) is 0.294. The summed E-state index contributed by atoms with van der Waals surface area (Å²) in [7, 11) is 3.76. The number of benzene rings is 2. The predicted molar refractivity (Wildman–Crippen MR) is 84.1 cm³/mol. The maximum atomic E-state index is 6.12. The highest BCUT2D eigenvalue weighted by Crippen LogP contribution is 2.33. The van der Waals surface area contributed by atoms with Gasteiger partial charge in [0.1, 0.15) is 5.75 Å². The third kappa shape index (κ3) is 3.11. The summed E-state index contributed by atoms with van der Waals surface area (Å²) in [5, 5.41) is 0. The van der Waals surface area contributed by atoms with Crippen molar-refractivity contribution in [1.29, 1.82) is 0 Å². The van der Waals surface area contributed by atoms with Gasteiger partial charge in [-0.15, -0.1) is 0 Å². The fourth-order valence-electron chi connectivity index (χ4n) is 2.44. The van der Waals surface area contributed by atoms with E-state index >= 15 is 0 Å². The highest BCUT2D eigenvalue weighted by molar-refractivity contribution is 5.60. The lowest BCUT2D eigenvalue weighted by molar-refractivity contribution is 0.407. The predicted octanol–water partition coefficient (Wildman–Crippen LogP) is 3.35. The van der Waals surface area contributed by atoms with Gasteiger partial charge in [0.2, 0.25) is 0 Å². The van der Waals surface area contributed by atoms with Crippen LogP contribution in [0.2, 0.25) is 0 Å². The number of rotatable bonds is 5. The Hall–Kier alpha value is -2.00. The van der Waals surface area contributed by atoms with Gasteiger partial charge in [0.15, 0.2) is 0 Å². The molecule has 0 heterocycles. The van der Waals surface area contributed by atoms with Gasteiger partial charge in [-0.1, -0.05) is 36.4 Å². The fourth-order valence-corrected chi connectivity index (χ4v) is 2.44. The first-order chi connectivity index (χ1) is 9.63. The van der Waals surface area contributed by atoms with Crippen molar-refractivity contribution < 1.29 is 4.74 Å². The Balaban J connectivity index is 2.32. The molecule has 0 aliphatic heterocycles. The van der Waals surface area contributed by atoms with E-state index < -0.39 is 0 Å². The van der Waals surface area contributed by atoms with Crippen LogP contribution in [0.3, 0.4) is 0 Å². The first kappa shape index (κ1) is 14.4. The van der Waals surface area contributed by atoms with Crippen molar-refractivity contribution in [3.8, 4) is 5.75 Å². The molecule has 2 rings (SSSR count). The molecule has 0 aliphatic carbocycles. The third-order valence-electron chi connectivity index (χ3n) is 3.39. The molecule has 1 unspecified atom stereocenters. The minimum absolute atomic E-state index is 0.0700. The van der Waals surface area contributed by atoms with Gasteiger partial charge in [-0.3, -0.25) is 0 Å². The molecule has 2 aromatic carbocycles. The maximum absolute atomic E-state index is 6.12. The summed E-state index contributed by atoms with van der Waals surface area (Å²) >= 11 is 0. The Morgan fingerprint density at radius 2 is 1.80 bits per heavy atom. The number of methoxy groups -OCH3 is 1. The van der Waals surface area contributed by atoms with Gasteiger partial charge >= 0.3 is 0 Å². The minimum atomic E-state index is -0.0700. The monoisotopic (exact) mass is 270 g/mol. The first-order valence-corrected chi connectivity index (χ1v) is 6.81. The van der Waals surface area contributed by atoms with Crippen LogP contribution >= 0.6 is 0 Å². The highest BCUT2D eigenvalue weighted by Gasteiger charge is 2.15.